The van der Waals surface area contributed by atoms with Crippen LogP contribution in [0.1, 0.15) is 101 Å². The predicted molar refractivity (Wildman–Crippen MR) is 191 cm³/mol. The Morgan fingerprint density at radius 2 is 1.70 bits per heavy atom. The molecule has 19 heteroatoms. The van der Waals surface area contributed by atoms with Gasteiger partial charge in [-0.3, -0.25) is 24.0 Å². The summed E-state index contributed by atoms with van der Waals surface area (Å²) in [5, 5.41) is 51.4. The average molecular weight is 814 g/mol. The van der Waals surface area contributed by atoms with Crippen LogP contribution in [0.15, 0.2) is 18.2 Å². The Morgan fingerprint density at radius 3 is 2.32 bits per heavy atom. The van der Waals surface area contributed by atoms with Crippen molar-refractivity contribution in [3.8, 4) is 17.2 Å². The van der Waals surface area contributed by atoms with Crippen molar-refractivity contribution in [3.63, 3.8) is 0 Å². The fourth-order valence-electron chi connectivity index (χ4n) is 7.40. The molecule has 2 aliphatic carbocycles. The van der Waals surface area contributed by atoms with Crippen LogP contribution in [0.4, 0.5) is 0 Å². The molecule has 17 nitrogen and oxygen atoms in total. The molecule has 0 aromatic heterocycles. The first kappa shape index (κ1) is 47.2. The summed E-state index contributed by atoms with van der Waals surface area (Å²) in [5.41, 5.74) is 13.5. The molecule has 8 atom stereocenters. The number of halogens is 1. The van der Waals surface area contributed by atoms with Crippen LogP contribution in [0.2, 0.25) is 0 Å². The Balaban J connectivity index is 0.00000420. The zero-order chi connectivity index (χ0) is 39.6. The first-order chi connectivity index (χ1) is 25.6. The quantitative estimate of drug-likeness (QED) is 0.0416. The third-order valence-electron chi connectivity index (χ3n) is 10.5. The Morgan fingerprint density at radius 1 is 1.02 bits per heavy atom. The second-order valence-corrected chi connectivity index (χ2v) is 14.1. The third-order valence-corrected chi connectivity index (χ3v) is 10.5. The fourth-order valence-corrected chi connectivity index (χ4v) is 7.40. The number of phenols is 2. The van der Waals surface area contributed by atoms with Gasteiger partial charge in [-0.2, -0.15) is 0 Å². The van der Waals surface area contributed by atoms with Gasteiger partial charge < -0.3 is 74.9 Å². The number of aliphatic hydroxyl groups is 2. The number of benzene rings is 2. The maximum absolute atomic E-state index is 13.9. The summed E-state index contributed by atoms with van der Waals surface area (Å²) in [6.07, 6.45) is -4.47. The zero-order valence-corrected chi connectivity index (χ0v) is 34.6. The number of hydrogen-bond donors (Lipinski definition) is 9. The molecular weight excluding hydrogens is 765 g/mol. The molecule has 2 aromatic rings. The van der Waals surface area contributed by atoms with E-state index in [-0.39, 0.29) is 95.8 Å². The van der Waals surface area contributed by atoms with Crippen molar-refractivity contribution in [3.05, 3.63) is 51.6 Å². The van der Waals surface area contributed by atoms with Gasteiger partial charge in [-0.05, 0) is 58.7 Å². The first-order valence-corrected chi connectivity index (χ1v) is 17.9. The number of nitrogens with two attached hydrogens (primary N) is 3. The number of fused-ring (bicyclic) bond motifs is 3. The van der Waals surface area contributed by atoms with E-state index in [2.05, 4.69) is 10.6 Å². The Labute approximate surface area is 352 Å². The topological polar surface area (TPSA) is 296 Å². The summed E-state index contributed by atoms with van der Waals surface area (Å²) in [6.45, 7) is 3.20. The van der Waals surface area contributed by atoms with Crippen LogP contribution in [0, 0.1) is 0 Å². The average Bonchev–Trinajstić information content (AvgIpc) is 3.13. The van der Waals surface area contributed by atoms with Gasteiger partial charge in [-0.15, -0.1) is 0 Å². The van der Waals surface area contributed by atoms with E-state index >= 15 is 0 Å². The number of carbonyl (C=O) groups is 5. The molecule has 6 unspecified atom stereocenters. The molecule has 12 N–H and O–H groups in total. The maximum Gasteiger partial charge on any atom is 1.00 e. The summed E-state index contributed by atoms with van der Waals surface area (Å²) in [6, 6.07) is 1.39. The van der Waals surface area contributed by atoms with Gasteiger partial charge in [0.1, 0.15) is 35.0 Å². The van der Waals surface area contributed by atoms with Crippen LogP contribution in [0.5, 0.6) is 17.2 Å². The van der Waals surface area contributed by atoms with E-state index in [1.54, 1.807) is 0 Å². The third kappa shape index (κ3) is 9.23. The van der Waals surface area contributed by atoms with Crippen molar-refractivity contribution in [1.29, 1.82) is 0 Å². The predicted octanol–water partition coefficient (Wildman–Crippen LogP) is -6.52. The van der Waals surface area contributed by atoms with Crippen LogP contribution >= 0.6 is 0 Å². The molecule has 3 aliphatic rings. The van der Waals surface area contributed by atoms with E-state index in [9.17, 15) is 44.4 Å². The molecule has 302 valence electrons. The van der Waals surface area contributed by atoms with Gasteiger partial charge in [0, 0.05) is 36.0 Å². The molecule has 56 heavy (non-hydrogen) atoms. The molecule has 0 saturated carbocycles. The second-order valence-electron chi connectivity index (χ2n) is 14.1. The number of aromatic hydroxyl groups is 2. The number of ether oxygens (including phenoxy) is 3. The molecule has 1 heterocycles. The monoisotopic (exact) mass is 813 g/mol. The molecular formula is C37H49ClN5NaO12. The van der Waals surface area contributed by atoms with Gasteiger partial charge in [0.2, 0.25) is 17.6 Å². The minimum absolute atomic E-state index is 0. The van der Waals surface area contributed by atoms with Crippen LogP contribution in [-0.4, -0.2) is 112 Å². The van der Waals surface area contributed by atoms with Gasteiger partial charge in [0.05, 0.1) is 48.1 Å². The second kappa shape index (κ2) is 19.5. The van der Waals surface area contributed by atoms with Crippen molar-refractivity contribution in [2.24, 2.45) is 17.2 Å². The molecule has 1 aliphatic heterocycles. The smallest absolute Gasteiger partial charge is 1.00 e. The number of carbonyl (C=O) groups excluding carboxylic acids is 5. The van der Waals surface area contributed by atoms with Gasteiger partial charge in [-0.25, -0.2) is 0 Å². The van der Waals surface area contributed by atoms with Gasteiger partial charge in [0.15, 0.2) is 17.9 Å². The van der Waals surface area contributed by atoms with Crippen LogP contribution < -0.4 is 74.5 Å². The SMILES string of the molecule is COc1cccc2c1C(=O)c1c(O)c3c(c(O)c1C2=O)C[C@@](O)(C(C)=O)C[C@@H]3OC1CC(NC(=O)C(CCCCN)NC(=O)C(N)CCN)C(O)C(C)O1.[Cl-].[Na+]. The van der Waals surface area contributed by atoms with Crippen molar-refractivity contribution in [1.82, 2.24) is 10.6 Å². The Hall–Kier alpha value is -3.20. The van der Waals surface area contributed by atoms with Gasteiger partial charge in [0.25, 0.3) is 0 Å². The Kier molecular flexibility index (Phi) is 16.4. The van der Waals surface area contributed by atoms with Gasteiger partial charge >= 0.3 is 29.6 Å². The van der Waals surface area contributed by atoms with E-state index in [0.717, 1.165) is 6.92 Å². The van der Waals surface area contributed by atoms with Crippen LogP contribution in [-0.2, 0) is 30.3 Å². The molecule has 0 radical (unpaired) electrons. The normalized spacial score (nSPS) is 24.9. The molecule has 2 amide bonds. The van der Waals surface area contributed by atoms with Crippen LogP contribution in [0.25, 0.3) is 0 Å². The van der Waals surface area contributed by atoms with E-state index in [0.29, 0.717) is 19.4 Å². The van der Waals surface area contributed by atoms with Crippen molar-refractivity contribution < 1.29 is 101 Å². The number of phenolic OH excluding ortho intramolecular Hbond substituents is 2. The number of nitrogens with one attached hydrogen (secondary N) is 2. The van der Waals surface area contributed by atoms with E-state index in [1.165, 1.54) is 32.2 Å². The molecule has 1 saturated heterocycles. The number of hydrogen-bond acceptors (Lipinski definition) is 15. The van der Waals surface area contributed by atoms with E-state index in [4.69, 9.17) is 31.4 Å². The largest absolute Gasteiger partial charge is 1.00 e. The maximum atomic E-state index is 13.9. The van der Waals surface area contributed by atoms with Gasteiger partial charge in [-0.1, -0.05) is 12.1 Å². The minimum Gasteiger partial charge on any atom is -1.00 e. The number of amides is 2. The molecule has 2 aromatic carbocycles. The molecule has 1 fully saturated rings. The molecule has 0 spiro atoms. The summed E-state index contributed by atoms with van der Waals surface area (Å²) in [4.78, 5) is 66.8. The Bertz CT molecular complexity index is 1830. The molecule has 5 rings (SSSR count). The number of Topliss-reactive ketones (excluding diaryl/α,β-unsaturated/α-hetero) is 1. The minimum atomic E-state index is -2.13. The number of ketones is 3. The van der Waals surface area contributed by atoms with Crippen molar-refractivity contribution >= 4 is 29.2 Å². The van der Waals surface area contributed by atoms with E-state index in [1.807, 2.05) is 0 Å². The fraction of sp³-hybridized carbons (Fsp3) is 0.541. The number of methoxy groups -OCH3 is 1. The number of rotatable bonds is 14. The summed E-state index contributed by atoms with van der Waals surface area (Å²) < 4.78 is 17.6. The standard InChI is InChI=1S/C37H49N5O12.ClH.Na/c1-16-30(44)22(42-36(50)21(8-4-5-11-38)41-35(49)20(40)10-12-39)13-25(53-16)54-24-15-37(51,17(2)43)14-19-27(24)34(48)29-28(32(19)46)31(45)18-7-6-9-23(52-3)26(18)33(29)47;;/h6-7,9,16,20-22,24-25,30,44,46,48,51H,4-5,8,10-15,38-40H2,1-3H3,(H,41,49)(H,42,50);1H;/q;;+1/p-1/t16?,20?,21?,22?,24-,25?,30?,37-;;/m0../s1. The van der Waals surface area contributed by atoms with E-state index < -0.39 is 113 Å². The van der Waals surface area contributed by atoms with Crippen LogP contribution in [0.3, 0.4) is 0 Å². The molecule has 0 bridgehead atoms. The first-order valence-electron chi connectivity index (χ1n) is 17.9. The number of unbranched alkanes of at least 4 members (excludes halogenated alkanes) is 1. The summed E-state index contributed by atoms with van der Waals surface area (Å²) in [5.74, 6) is -4.78. The zero-order valence-electron chi connectivity index (χ0n) is 31.8. The van der Waals surface area contributed by atoms with Crippen molar-refractivity contribution in [2.75, 3.05) is 20.2 Å². The van der Waals surface area contributed by atoms with Crippen molar-refractivity contribution in [2.45, 2.75) is 107 Å². The summed E-state index contributed by atoms with van der Waals surface area (Å²) >= 11 is 0. The number of aliphatic hydroxyl groups excluding tert-OH is 1. The summed E-state index contributed by atoms with van der Waals surface area (Å²) in [7, 11) is 1.31.